The molecule has 0 heterocycles. The summed E-state index contributed by atoms with van der Waals surface area (Å²) in [4.78, 5) is 11.5. The molecule has 5 nitrogen and oxygen atoms in total. The molecule has 0 saturated heterocycles. The molecule has 0 bridgehead atoms. The number of aldehydes is 1. The largest absolute Gasteiger partial charge is 0.512 e. The first-order valence-electron chi connectivity index (χ1n) is 8.35. The number of hydrogen-bond donors (Lipinski definition) is 2. The number of carbonyl (C=O) groups is 1. The standard InChI is InChI=1S/C9H11ClO.C9H11NOS.C2H6N2/c1-2-7-6-8(10)4-3-5-9(7)11;1-10(2)12-9-5-3-4-8(6-9)7-11;1-3-4-2/h3-4,6,11H,2,5H2,1H3;3-7H,1-2H3;4H,1H2,2H3. The van der Waals surface area contributed by atoms with Crippen LogP contribution in [0, 0.1) is 0 Å². The molecule has 7 heteroatoms. The molecule has 0 aliphatic heterocycles. The number of aliphatic hydroxyl groups excluding tert-OH is 1. The minimum absolute atomic E-state index is 0.430. The van der Waals surface area contributed by atoms with Gasteiger partial charge in [-0.1, -0.05) is 36.7 Å². The monoisotopic (exact) mass is 409 g/mol. The predicted octanol–water partition coefficient (Wildman–Crippen LogP) is 5.18. The molecular formula is C20H28ClN3O2S. The van der Waals surface area contributed by atoms with E-state index in [1.54, 1.807) is 37.2 Å². The summed E-state index contributed by atoms with van der Waals surface area (Å²) in [6, 6.07) is 7.54. The van der Waals surface area contributed by atoms with Crippen molar-refractivity contribution < 1.29 is 9.90 Å². The fourth-order valence-electron chi connectivity index (χ4n) is 1.87. The summed E-state index contributed by atoms with van der Waals surface area (Å²) in [7, 11) is 5.64. The Labute approximate surface area is 171 Å². The van der Waals surface area contributed by atoms with Crippen molar-refractivity contribution in [3.05, 3.63) is 64.4 Å². The topological polar surface area (TPSA) is 64.9 Å². The number of hydrazone groups is 1. The molecule has 0 amide bonds. The number of aliphatic hydroxyl groups is 1. The summed E-state index contributed by atoms with van der Waals surface area (Å²) < 4.78 is 1.99. The van der Waals surface area contributed by atoms with Gasteiger partial charge in [-0.15, -0.1) is 0 Å². The lowest BCUT2D eigenvalue weighted by molar-refractivity contribution is 0.112. The second-order valence-electron chi connectivity index (χ2n) is 5.44. The van der Waals surface area contributed by atoms with E-state index in [0.717, 1.165) is 28.7 Å². The Balaban J connectivity index is 0.000000421. The average molecular weight is 410 g/mol. The van der Waals surface area contributed by atoms with Gasteiger partial charge in [0, 0.05) is 35.7 Å². The van der Waals surface area contributed by atoms with Crippen LogP contribution in [0.15, 0.2) is 68.9 Å². The zero-order valence-electron chi connectivity index (χ0n) is 16.3. The van der Waals surface area contributed by atoms with Crippen LogP contribution in [0.1, 0.15) is 30.1 Å². The first-order valence-corrected chi connectivity index (χ1v) is 9.50. The molecule has 0 unspecified atom stereocenters. The highest BCUT2D eigenvalue weighted by molar-refractivity contribution is 7.97. The maximum absolute atomic E-state index is 10.4. The van der Waals surface area contributed by atoms with Crippen molar-refractivity contribution in [2.45, 2.75) is 24.7 Å². The summed E-state index contributed by atoms with van der Waals surface area (Å²) in [5.41, 5.74) is 4.10. The number of allylic oxidation sites excluding steroid dienone is 5. The number of rotatable bonds is 5. The maximum Gasteiger partial charge on any atom is 0.150 e. The molecule has 1 aromatic rings. The Hall–Kier alpha value is -2.02. The molecule has 148 valence electrons. The van der Waals surface area contributed by atoms with Gasteiger partial charge in [-0.05, 0) is 62.3 Å². The van der Waals surface area contributed by atoms with Gasteiger partial charge in [0.15, 0.2) is 0 Å². The Morgan fingerprint density at radius 2 is 2.11 bits per heavy atom. The van der Waals surface area contributed by atoms with Gasteiger partial charge in [0.05, 0.1) is 5.76 Å². The van der Waals surface area contributed by atoms with Gasteiger partial charge in [-0.3, -0.25) is 9.10 Å². The molecule has 27 heavy (non-hydrogen) atoms. The lowest BCUT2D eigenvalue weighted by Crippen LogP contribution is -1.98. The first kappa shape index (κ1) is 25.0. The third kappa shape index (κ3) is 12.1. The smallest absolute Gasteiger partial charge is 0.150 e. The zero-order chi connectivity index (χ0) is 20.7. The van der Waals surface area contributed by atoms with Crippen LogP contribution in [0.5, 0.6) is 0 Å². The normalized spacial score (nSPS) is 12.7. The van der Waals surface area contributed by atoms with Gasteiger partial charge in [-0.25, -0.2) is 0 Å². The van der Waals surface area contributed by atoms with E-state index in [4.69, 9.17) is 11.6 Å². The third-order valence-corrected chi connectivity index (χ3v) is 4.16. The molecule has 1 aromatic carbocycles. The number of carbonyl (C=O) groups excluding carboxylic acids is 1. The summed E-state index contributed by atoms with van der Waals surface area (Å²) in [6.45, 7) is 5.12. The summed E-state index contributed by atoms with van der Waals surface area (Å²) >= 11 is 7.39. The van der Waals surface area contributed by atoms with Crippen LogP contribution < -0.4 is 5.43 Å². The molecule has 0 spiro atoms. The van der Waals surface area contributed by atoms with Crippen LogP contribution in [-0.2, 0) is 0 Å². The first-order chi connectivity index (χ1) is 12.9. The third-order valence-electron chi connectivity index (χ3n) is 3.09. The zero-order valence-corrected chi connectivity index (χ0v) is 17.8. The quantitative estimate of drug-likeness (QED) is 0.303. The van der Waals surface area contributed by atoms with Crippen molar-refractivity contribution >= 4 is 36.6 Å². The summed E-state index contributed by atoms with van der Waals surface area (Å²) in [5, 5.41) is 13.3. The van der Waals surface area contributed by atoms with Gasteiger partial charge in [-0.2, -0.15) is 5.10 Å². The van der Waals surface area contributed by atoms with Crippen LogP contribution in [-0.4, -0.2) is 43.6 Å². The highest BCUT2D eigenvalue weighted by Gasteiger charge is 2.03. The molecule has 1 aliphatic rings. The lowest BCUT2D eigenvalue weighted by atomic mass is 10.1. The number of nitrogens with one attached hydrogen (secondary N) is 1. The fourth-order valence-corrected chi connectivity index (χ4v) is 2.84. The molecule has 0 saturated carbocycles. The highest BCUT2D eigenvalue weighted by Crippen LogP contribution is 2.20. The molecular weight excluding hydrogens is 382 g/mol. The van der Waals surface area contributed by atoms with Crippen LogP contribution in [0.3, 0.4) is 0 Å². The Morgan fingerprint density at radius 1 is 1.44 bits per heavy atom. The van der Waals surface area contributed by atoms with Crippen LogP contribution in [0.2, 0.25) is 0 Å². The molecule has 0 atom stereocenters. The van der Waals surface area contributed by atoms with E-state index in [1.165, 1.54) is 0 Å². The Bertz CT molecular complexity index is 686. The number of halogens is 1. The fraction of sp³-hybridized carbons (Fsp3) is 0.300. The van der Waals surface area contributed by atoms with Crippen molar-refractivity contribution in [3.8, 4) is 0 Å². The summed E-state index contributed by atoms with van der Waals surface area (Å²) in [6.07, 6.45) is 7.75. The SMILES string of the molecule is C=NNC.CCC1=C(O)CC=CC(Cl)=C1.CN(C)Sc1cccc(C=O)c1. The van der Waals surface area contributed by atoms with Crippen molar-refractivity contribution in [2.24, 2.45) is 5.10 Å². The van der Waals surface area contributed by atoms with Gasteiger partial charge in [0.2, 0.25) is 0 Å². The molecule has 0 fully saturated rings. The van der Waals surface area contributed by atoms with Crippen molar-refractivity contribution in [2.75, 3.05) is 21.1 Å². The average Bonchev–Trinajstić information content (AvgIpc) is 2.82. The van der Waals surface area contributed by atoms with Crippen LogP contribution in [0.4, 0.5) is 0 Å². The molecule has 2 rings (SSSR count). The van der Waals surface area contributed by atoms with Gasteiger partial charge in [0.1, 0.15) is 6.29 Å². The van der Waals surface area contributed by atoms with E-state index in [2.05, 4.69) is 17.2 Å². The Kier molecular flexibility index (Phi) is 14.0. The minimum atomic E-state index is 0.430. The minimum Gasteiger partial charge on any atom is -0.512 e. The van der Waals surface area contributed by atoms with E-state index in [0.29, 0.717) is 17.2 Å². The van der Waals surface area contributed by atoms with E-state index in [-0.39, 0.29) is 0 Å². The highest BCUT2D eigenvalue weighted by atomic mass is 35.5. The van der Waals surface area contributed by atoms with Crippen LogP contribution in [0.25, 0.3) is 0 Å². The van der Waals surface area contributed by atoms with Gasteiger partial charge in [0.25, 0.3) is 0 Å². The van der Waals surface area contributed by atoms with Gasteiger partial charge >= 0.3 is 0 Å². The molecule has 0 aromatic heterocycles. The molecule has 2 N–H and O–H groups in total. The molecule has 0 radical (unpaired) electrons. The van der Waals surface area contributed by atoms with E-state index < -0.39 is 0 Å². The van der Waals surface area contributed by atoms with Gasteiger partial charge < -0.3 is 10.5 Å². The van der Waals surface area contributed by atoms with Crippen molar-refractivity contribution in [1.29, 1.82) is 0 Å². The van der Waals surface area contributed by atoms with Crippen molar-refractivity contribution in [3.63, 3.8) is 0 Å². The number of nitrogens with zero attached hydrogens (tertiary/aromatic N) is 2. The molecule has 1 aliphatic carbocycles. The van der Waals surface area contributed by atoms with Crippen LogP contribution >= 0.6 is 23.5 Å². The summed E-state index contributed by atoms with van der Waals surface area (Å²) in [5.74, 6) is 0.430. The Morgan fingerprint density at radius 3 is 2.63 bits per heavy atom. The number of hydrogen-bond acceptors (Lipinski definition) is 6. The number of benzene rings is 1. The van der Waals surface area contributed by atoms with Crippen molar-refractivity contribution in [1.82, 2.24) is 9.73 Å². The van der Waals surface area contributed by atoms with E-state index in [9.17, 15) is 9.90 Å². The second kappa shape index (κ2) is 15.1. The lowest BCUT2D eigenvalue weighted by Gasteiger charge is -2.07. The van der Waals surface area contributed by atoms with E-state index >= 15 is 0 Å². The predicted molar refractivity (Wildman–Crippen MR) is 118 cm³/mol. The maximum atomic E-state index is 10.4. The second-order valence-corrected chi connectivity index (χ2v) is 7.26. The van der Waals surface area contributed by atoms with E-state index in [1.807, 2.05) is 49.6 Å².